The van der Waals surface area contributed by atoms with Crippen LogP contribution >= 0.6 is 65.5 Å². The molecule has 5 saturated heterocycles. The van der Waals surface area contributed by atoms with Crippen LogP contribution in [0.3, 0.4) is 0 Å². The number of hydrogen-bond acceptors (Lipinski definition) is 22. The van der Waals surface area contributed by atoms with Crippen molar-refractivity contribution in [2.75, 3.05) is 30.8 Å². The molecule has 450 valence electrons. The summed E-state index contributed by atoms with van der Waals surface area (Å²) in [6.07, 6.45) is 7.98. The molecule has 0 radical (unpaired) electrons. The minimum absolute atomic E-state index is 0.00388. The summed E-state index contributed by atoms with van der Waals surface area (Å²) < 4.78 is 113. The fourth-order valence-corrected chi connectivity index (χ4v) is 16.0. The number of aliphatic hydroxyl groups excluding tert-OH is 2. The Bertz CT molecular complexity index is 2930. The Balaban J connectivity index is 0.000000127. The zero-order valence-electron chi connectivity index (χ0n) is 47.1. The van der Waals surface area contributed by atoms with E-state index >= 15 is 0 Å². The highest BCUT2D eigenvalue weighted by Crippen LogP contribution is 2.68. The molecule has 13 rings (SSSR count). The van der Waals surface area contributed by atoms with Crippen LogP contribution in [0.15, 0.2) is 41.8 Å². The van der Waals surface area contributed by atoms with Crippen molar-refractivity contribution in [3.63, 3.8) is 0 Å². The Kier molecular flexibility index (Phi) is 18.7. The molecular formula is C52H69Cl2N4O19P5. The maximum atomic E-state index is 11.4. The predicted octanol–water partition coefficient (Wildman–Crippen LogP) is 8.58. The number of carbonyl (C=O) groups excluding carboxylic acids is 1. The fraction of sp³-hybridized carbons (Fsp3) is 0.769. The summed E-state index contributed by atoms with van der Waals surface area (Å²) >= 11 is 12.1. The third kappa shape index (κ3) is 12.9. The van der Waals surface area contributed by atoms with Crippen LogP contribution in [0.2, 0.25) is 10.4 Å². The molecule has 2 aromatic heterocycles. The molecule has 0 amide bonds. The summed E-state index contributed by atoms with van der Waals surface area (Å²) in [6.45, 7) is 20.3. The average molecular weight is 1280 g/mol. The molecule has 3 saturated carbocycles. The van der Waals surface area contributed by atoms with Crippen molar-refractivity contribution in [3.05, 3.63) is 52.2 Å². The number of carbonyl (C=O) groups is 1. The number of fused-ring (bicyclic) bond motifs is 8. The van der Waals surface area contributed by atoms with Gasteiger partial charge in [0.2, 0.25) is 5.28 Å². The third-order valence-electron chi connectivity index (χ3n) is 16.3. The van der Waals surface area contributed by atoms with Crippen LogP contribution in [0.1, 0.15) is 95.0 Å². The SMILES string of the molecule is CC1(C)OC2[C@H](O1)[C@H](n1cnc3c(Cl)nc(Cl)nc31)C[C@]2(C)CP=O.CC1(C)O[C@@H]2C(CP=O)=CC(=O)[C@@H]2O1.CC1(C)O[C@@H]2[C@H](O1)C(CP=O)=C[C@@H]2O.CC1(C)O[C@H]2C=C[C@@](O)(CP=O)[C@H]2O1.CC1(C)O[C@H]2[C@@H](O)[C@H]3C[C@@]3(CP=O)[C@H]2O1. The Hall–Kier alpha value is -2.00. The first kappa shape index (κ1) is 64.5. The van der Waals surface area contributed by atoms with E-state index in [0.29, 0.717) is 35.8 Å². The van der Waals surface area contributed by atoms with Gasteiger partial charge in [-0.05, 0) is 117 Å². The van der Waals surface area contributed by atoms with Crippen LogP contribution in [-0.2, 0) is 75.0 Å². The molecule has 23 nitrogen and oxygen atoms in total. The van der Waals surface area contributed by atoms with E-state index in [4.69, 9.17) is 70.6 Å². The maximum absolute atomic E-state index is 11.4. The van der Waals surface area contributed by atoms with Gasteiger partial charge < -0.3 is 67.3 Å². The van der Waals surface area contributed by atoms with Crippen molar-refractivity contribution in [2.45, 2.75) is 203 Å². The van der Waals surface area contributed by atoms with Gasteiger partial charge in [0.15, 0.2) is 93.9 Å². The van der Waals surface area contributed by atoms with E-state index in [9.17, 15) is 42.9 Å². The first-order chi connectivity index (χ1) is 38.3. The molecule has 0 aromatic carbocycles. The van der Waals surface area contributed by atoms with Gasteiger partial charge in [0.05, 0.1) is 49.2 Å². The molecule has 17 atom stereocenters. The van der Waals surface area contributed by atoms with Crippen molar-refractivity contribution in [3.8, 4) is 0 Å². The zero-order valence-corrected chi connectivity index (χ0v) is 53.1. The Morgan fingerprint density at radius 2 is 1.18 bits per heavy atom. The molecule has 8 fully saturated rings. The second-order valence-electron chi connectivity index (χ2n) is 24.8. The first-order valence-corrected chi connectivity index (χ1v) is 32.5. The highest BCUT2D eigenvalue weighted by atomic mass is 35.5. The third-order valence-corrected chi connectivity index (χ3v) is 19.9. The highest BCUT2D eigenvalue weighted by Gasteiger charge is 2.75. The average Bonchev–Trinajstić information content (AvgIpc) is 2.19. The molecule has 1 unspecified atom stereocenters. The van der Waals surface area contributed by atoms with E-state index in [2.05, 4.69) is 21.9 Å². The lowest BCUT2D eigenvalue weighted by atomic mass is 9.88. The minimum Gasteiger partial charge on any atom is -0.390 e. The van der Waals surface area contributed by atoms with Gasteiger partial charge in [0.1, 0.15) is 59.9 Å². The standard InChI is InChI=1S/C15H17Cl2N4O3P.C10H15O4P.C9H13O4P.C9H11O4P.C9H13O4P/c1-14(2)23-9-7(4-15(3,5-25-22)10(9)24-14)21-6-18-8-11(16)19-13(17)20-12(8)21;1-9(2)13-7-6(11)5-3-10(5,4-15-12)8(7)14-9;2*1-9(2)12-7-5(4-14-11)3-6(10)8(7)13-9;1-8(2)12-6-3-4-9(10,5-14-11)7(6)13-8/h6-7,9-10H,4-5H2,1-3H3;5-8,11H,3-4H2,1-2H3;3,6-8,10H,4H2,1-2H3;3,7-8H,4H2,1-2H3;3-4,6-7,10H,5H2,1-2H3/t7-,9-,10?,15-;5-,6+,7+,8+,10+;6-,7+,8-;7-,8+;6-,7-,9+/m11010/s1. The van der Waals surface area contributed by atoms with Crippen molar-refractivity contribution in [1.82, 2.24) is 19.5 Å². The van der Waals surface area contributed by atoms with Gasteiger partial charge in [-0.3, -0.25) is 27.6 Å². The van der Waals surface area contributed by atoms with E-state index in [1.54, 1.807) is 52.3 Å². The lowest BCUT2D eigenvalue weighted by molar-refractivity contribution is -0.166. The number of imidazole rings is 1. The fourth-order valence-electron chi connectivity index (χ4n) is 12.9. The summed E-state index contributed by atoms with van der Waals surface area (Å²) in [5, 5.41) is 30.0. The number of nitrogens with zero attached hydrogens (tertiary/aromatic N) is 4. The quantitative estimate of drug-likeness (QED) is 0.0821. The maximum Gasteiger partial charge on any atom is 0.225 e. The summed E-state index contributed by atoms with van der Waals surface area (Å²) in [4.78, 5) is 24.0. The number of ether oxygens (including phenoxy) is 10. The van der Waals surface area contributed by atoms with Crippen LogP contribution in [0.25, 0.3) is 11.2 Å². The molecule has 5 aliphatic heterocycles. The van der Waals surface area contributed by atoms with Crippen LogP contribution in [0.5, 0.6) is 0 Å². The molecule has 7 heterocycles. The normalized spacial score (nSPS) is 40.9. The van der Waals surface area contributed by atoms with Crippen LogP contribution < -0.4 is 0 Å². The summed E-state index contributed by atoms with van der Waals surface area (Å²) in [5.41, 5.74) is 1.17. The van der Waals surface area contributed by atoms with Gasteiger partial charge in [0, 0.05) is 23.2 Å². The number of hydrogen-bond donors (Lipinski definition) is 3. The molecular weight excluding hydrogens is 1210 g/mol. The van der Waals surface area contributed by atoms with Gasteiger partial charge in [-0.1, -0.05) is 36.8 Å². The van der Waals surface area contributed by atoms with E-state index in [1.807, 2.05) is 46.1 Å². The largest absolute Gasteiger partial charge is 0.390 e. The van der Waals surface area contributed by atoms with E-state index in [1.165, 1.54) is 6.08 Å². The smallest absolute Gasteiger partial charge is 0.225 e. The van der Waals surface area contributed by atoms with Crippen LogP contribution in [0, 0.1) is 16.7 Å². The number of aliphatic hydroxyl groups is 3. The predicted molar refractivity (Wildman–Crippen MR) is 296 cm³/mol. The monoisotopic (exact) mass is 1280 g/mol. The Morgan fingerprint density at radius 1 is 0.622 bits per heavy atom. The van der Waals surface area contributed by atoms with Gasteiger partial charge in [0.25, 0.3) is 0 Å². The van der Waals surface area contributed by atoms with Gasteiger partial charge in [-0.15, -0.1) is 0 Å². The van der Waals surface area contributed by atoms with Crippen molar-refractivity contribution in [2.24, 2.45) is 16.7 Å². The number of aromatic nitrogens is 4. The first-order valence-electron chi connectivity index (χ1n) is 26.8. The van der Waals surface area contributed by atoms with Gasteiger partial charge in [-0.25, -0.2) is 9.97 Å². The lowest BCUT2D eigenvalue weighted by Gasteiger charge is -2.29. The van der Waals surface area contributed by atoms with Crippen LogP contribution in [0.4, 0.5) is 0 Å². The number of rotatable bonds is 11. The second-order valence-corrected chi connectivity index (χ2v) is 28.3. The summed E-state index contributed by atoms with van der Waals surface area (Å²) in [6, 6.07) is -0.0782. The molecule has 6 aliphatic carbocycles. The summed E-state index contributed by atoms with van der Waals surface area (Å²) in [7, 11) is 0.192. The molecule has 82 heavy (non-hydrogen) atoms. The van der Waals surface area contributed by atoms with Gasteiger partial charge in [-0.2, -0.15) is 4.98 Å². The van der Waals surface area contributed by atoms with Crippen molar-refractivity contribution < 1.29 is 90.3 Å². The van der Waals surface area contributed by atoms with Crippen molar-refractivity contribution >= 4 is 82.4 Å². The Morgan fingerprint density at radius 3 is 1.84 bits per heavy atom. The number of ketones is 1. The molecule has 0 spiro atoms. The highest BCUT2D eigenvalue weighted by molar-refractivity contribution is 7.24. The second kappa shape index (κ2) is 23.8. The number of halogens is 2. The zero-order chi connectivity index (χ0) is 59.9. The lowest BCUT2D eigenvalue weighted by Crippen LogP contribution is -2.43. The Labute approximate surface area is 492 Å². The summed E-state index contributed by atoms with van der Waals surface area (Å²) in [5.74, 6) is -3.22. The van der Waals surface area contributed by atoms with Crippen molar-refractivity contribution in [1.29, 1.82) is 0 Å². The van der Waals surface area contributed by atoms with Gasteiger partial charge >= 0.3 is 0 Å². The topological polar surface area (TPSA) is 299 Å². The van der Waals surface area contributed by atoms with Crippen LogP contribution in [-0.4, -0.2) is 179 Å². The molecule has 30 heteroatoms. The molecule has 2 aromatic rings. The molecule has 11 aliphatic rings. The minimum atomic E-state index is -1.15. The molecule has 3 N–H and O–H groups in total. The van der Waals surface area contributed by atoms with E-state index in [0.717, 1.165) is 24.0 Å². The molecule has 0 bridgehead atoms. The van der Waals surface area contributed by atoms with E-state index < -0.39 is 59.0 Å². The van der Waals surface area contributed by atoms with E-state index in [-0.39, 0.29) is 136 Å².